The van der Waals surface area contributed by atoms with Crippen molar-refractivity contribution in [3.05, 3.63) is 54.2 Å². The summed E-state index contributed by atoms with van der Waals surface area (Å²) in [5.74, 6) is 0.105. The summed E-state index contributed by atoms with van der Waals surface area (Å²) in [4.78, 5) is 8.28. The van der Waals surface area contributed by atoms with Crippen LogP contribution in [0.25, 0.3) is 11.3 Å². The van der Waals surface area contributed by atoms with Crippen LogP contribution in [0.5, 0.6) is 0 Å². The lowest BCUT2D eigenvalue weighted by molar-refractivity contribution is 1.05. The quantitative estimate of drug-likeness (QED) is 0.615. The lowest BCUT2D eigenvalue weighted by atomic mass is 10.1. The van der Waals surface area contributed by atoms with E-state index in [9.17, 15) is 0 Å². The van der Waals surface area contributed by atoms with Crippen LogP contribution in [0.3, 0.4) is 0 Å². The first kappa shape index (κ1) is 11.1. The first-order valence-electron chi connectivity index (χ1n) is 5.31. The van der Waals surface area contributed by atoms with Crippen molar-refractivity contribution in [1.29, 1.82) is 0 Å². The Bertz CT molecular complexity index is 516. The molecular formula is C13H14N4. The van der Waals surface area contributed by atoms with Gasteiger partial charge in [-0.05, 0) is 23.8 Å². The van der Waals surface area contributed by atoms with Gasteiger partial charge in [-0.1, -0.05) is 24.3 Å². The normalized spacial score (nSPS) is 9.88. The highest BCUT2D eigenvalue weighted by molar-refractivity contribution is 5.75. The van der Waals surface area contributed by atoms with Gasteiger partial charge in [0.25, 0.3) is 0 Å². The molecule has 1 aromatic heterocycles. The van der Waals surface area contributed by atoms with Crippen LogP contribution in [0.1, 0.15) is 5.56 Å². The number of hydrogen-bond acceptors (Lipinski definition) is 2. The maximum absolute atomic E-state index is 5.30. The summed E-state index contributed by atoms with van der Waals surface area (Å²) in [6.45, 7) is 0.489. The van der Waals surface area contributed by atoms with Crippen molar-refractivity contribution in [2.24, 2.45) is 16.5 Å². The van der Waals surface area contributed by atoms with Crippen LogP contribution in [0.4, 0.5) is 0 Å². The van der Waals surface area contributed by atoms with Crippen molar-refractivity contribution in [2.75, 3.05) is 0 Å². The van der Waals surface area contributed by atoms with Crippen molar-refractivity contribution < 1.29 is 0 Å². The summed E-state index contributed by atoms with van der Waals surface area (Å²) in [7, 11) is 0. The summed E-state index contributed by atoms with van der Waals surface area (Å²) in [5, 5.41) is 0. The zero-order valence-electron chi connectivity index (χ0n) is 9.38. The molecule has 17 heavy (non-hydrogen) atoms. The van der Waals surface area contributed by atoms with Crippen LogP contribution in [-0.2, 0) is 6.54 Å². The van der Waals surface area contributed by atoms with Gasteiger partial charge >= 0.3 is 0 Å². The smallest absolute Gasteiger partial charge is 0.186 e. The first-order valence-corrected chi connectivity index (χ1v) is 5.31. The van der Waals surface area contributed by atoms with E-state index in [1.807, 2.05) is 42.5 Å². The number of guanidine groups is 1. The Morgan fingerprint density at radius 3 is 2.71 bits per heavy atom. The van der Waals surface area contributed by atoms with Crippen molar-refractivity contribution in [2.45, 2.75) is 6.54 Å². The highest BCUT2D eigenvalue weighted by Gasteiger charge is 1.99. The topological polar surface area (TPSA) is 77.3 Å². The minimum atomic E-state index is 0.105. The number of nitrogens with two attached hydrogens (primary N) is 2. The van der Waals surface area contributed by atoms with Crippen molar-refractivity contribution >= 4 is 5.96 Å². The molecule has 0 aliphatic heterocycles. The molecule has 0 aliphatic rings. The summed E-state index contributed by atoms with van der Waals surface area (Å²) in [5.41, 5.74) is 13.7. The van der Waals surface area contributed by atoms with Crippen LogP contribution in [-0.4, -0.2) is 10.9 Å². The largest absolute Gasteiger partial charge is 0.370 e. The van der Waals surface area contributed by atoms with Crippen LogP contribution in [0, 0.1) is 0 Å². The second-order valence-corrected chi connectivity index (χ2v) is 3.66. The van der Waals surface area contributed by atoms with E-state index in [0.29, 0.717) is 6.54 Å². The number of aromatic nitrogens is 1. The summed E-state index contributed by atoms with van der Waals surface area (Å²) >= 11 is 0. The Morgan fingerprint density at radius 1 is 1.12 bits per heavy atom. The fourth-order valence-electron chi connectivity index (χ4n) is 1.55. The molecule has 0 fully saturated rings. The van der Waals surface area contributed by atoms with Gasteiger partial charge in [0.15, 0.2) is 5.96 Å². The maximum atomic E-state index is 5.30. The molecule has 2 rings (SSSR count). The number of nitrogens with zero attached hydrogens (tertiary/aromatic N) is 2. The second kappa shape index (κ2) is 5.12. The molecule has 86 valence electrons. The molecule has 0 bridgehead atoms. The Morgan fingerprint density at radius 2 is 2.00 bits per heavy atom. The molecular weight excluding hydrogens is 212 g/mol. The summed E-state index contributed by atoms with van der Waals surface area (Å²) < 4.78 is 0. The van der Waals surface area contributed by atoms with Gasteiger partial charge < -0.3 is 11.5 Å². The molecule has 0 amide bonds. The van der Waals surface area contributed by atoms with Gasteiger partial charge in [0.05, 0.1) is 12.2 Å². The van der Waals surface area contributed by atoms with E-state index < -0.39 is 0 Å². The molecule has 1 aromatic carbocycles. The molecule has 0 unspecified atom stereocenters. The molecule has 1 heterocycles. The van der Waals surface area contributed by atoms with Gasteiger partial charge in [-0.3, -0.25) is 4.98 Å². The lowest BCUT2D eigenvalue weighted by Crippen LogP contribution is -2.22. The first-order chi connectivity index (χ1) is 8.25. The molecule has 0 aliphatic carbocycles. The second-order valence-electron chi connectivity index (χ2n) is 3.66. The predicted molar refractivity (Wildman–Crippen MR) is 69.2 cm³/mol. The predicted octanol–water partition coefficient (Wildman–Crippen LogP) is 1.52. The van der Waals surface area contributed by atoms with Gasteiger partial charge in [-0.25, -0.2) is 4.99 Å². The summed E-state index contributed by atoms with van der Waals surface area (Å²) in [6, 6.07) is 13.8. The SMILES string of the molecule is NC(N)=NCc1cccc(-c2ccccn2)c1. The monoisotopic (exact) mass is 226 g/mol. The van der Waals surface area contributed by atoms with Gasteiger partial charge in [-0.2, -0.15) is 0 Å². The standard InChI is InChI=1S/C13H14N4/c14-13(15)17-9-10-4-3-5-11(8-10)12-6-1-2-7-16-12/h1-8H,9H2,(H4,14,15,17). The molecule has 2 aromatic rings. The van der Waals surface area contributed by atoms with Gasteiger partial charge in [0.1, 0.15) is 0 Å². The van der Waals surface area contributed by atoms with E-state index in [0.717, 1.165) is 16.8 Å². The fourth-order valence-corrected chi connectivity index (χ4v) is 1.55. The number of pyridine rings is 1. The molecule has 0 saturated heterocycles. The van der Waals surface area contributed by atoms with Gasteiger partial charge in [0.2, 0.25) is 0 Å². The minimum absolute atomic E-state index is 0.105. The third kappa shape index (κ3) is 3.04. The highest BCUT2D eigenvalue weighted by Crippen LogP contribution is 2.17. The summed E-state index contributed by atoms with van der Waals surface area (Å²) in [6.07, 6.45) is 1.78. The average Bonchev–Trinajstić information content (AvgIpc) is 2.38. The molecule has 0 atom stereocenters. The third-order valence-electron chi connectivity index (χ3n) is 2.33. The van der Waals surface area contributed by atoms with Crippen LogP contribution in [0.2, 0.25) is 0 Å². The number of benzene rings is 1. The highest BCUT2D eigenvalue weighted by atomic mass is 15.0. The van der Waals surface area contributed by atoms with Crippen LogP contribution >= 0.6 is 0 Å². The Balaban J connectivity index is 2.26. The van der Waals surface area contributed by atoms with Crippen molar-refractivity contribution in [3.63, 3.8) is 0 Å². The van der Waals surface area contributed by atoms with E-state index in [2.05, 4.69) is 9.98 Å². The van der Waals surface area contributed by atoms with E-state index in [-0.39, 0.29) is 5.96 Å². The van der Waals surface area contributed by atoms with E-state index in [1.54, 1.807) is 6.20 Å². The van der Waals surface area contributed by atoms with E-state index in [1.165, 1.54) is 0 Å². The minimum Gasteiger partial charge on any atom is -0.370 e. The number of rotatable bonds is 3. The molecule has 4 heteroatoms. The zero-order chi connectivity index (χ0) is 12.1. The lowest BCUT2D eigenvalue weighted by Gasteiger charge is -2.03. The Labute approximate surface area is 100 Å². The molecule has 0 saturated carbocycles. The number of aliphatic imine (C=N–C) groups is 1. The third-order valence-corrected chi connectivity index (χ3v) is 2.33. The molecule has 0 spiro atoms. The van der Waals surface area contributed by atoms with Gasteiger partial charge in [0, 0.05) is 11.8 Å². The van der Waals surface area contributed by atoms with E-state index >= 15 is 0 Å². The van der Waals surface area contributed by atoms with Gasteiger partial charge in [-0.15, -0.1) is 0 Å². The Hall–Kier alpha value is -2.36. The maximum Gasteiger partial charge on any atom is 0.186 e. The van der Waals surface area contributed by atoms with Crippen molar-refractivity contribution in [3.8, 4) is 11.3 Å². The van der Waals surface area contributed by atoms with E-state index in [4.69, 9.17) is 11.5 Å². The number of hydrogen-bond donors (Lipinski definition) is 2. The zero-order valence-corrected chi connectivity index (χ0v) is 9.38. The molecule has 0 radical (unpaired) electrons. The average molecular weight is 226 g/mol. The Kier molecular flexibility index (Phi) is 3.35. The van der Waals surface area contributed by atoms with Crippen LogP contribution in [0.15, 0.2) is 53.7 Å². The van der Waals surface area contributed by atoms with Crippen molar-refractivity contribution in [1.82, 2.24) is 4.98 Å². The fraction of sp³-hybridized carbons (Fsp3) is 0.0769. The molecule has 4 nitrogen and oxygen atoms in total. The van der Waals surface area contributed by atoms with Crippen LogP contribution < -0.4 is 11.5 Å². The molecule has 4 N–H and O–H groups in total.